The fraction of sp³-hybridized carbons (Fsp3) is 0.300. The zero-order chi connectivity index (χ0) is 19.8. The summed E-state index contributed by atoms with van der Waals surface area (Å²) in [5.41, 5.74) is 3.20. The van der Waals surface area contributed by atoms with Gasteiger partial charge in [0.05, 0.1) is 11.4 Å². The standard InChI is InChI=1S/C20H21N9/c1-14-17(16-8-9-21-19(22-16)28-12-10-27(2)11-13-28)24-25-20-23-18(26-29(14)20)15-6-4-3-5-7-15/h3-9H,10-13H2,1-2H3. The second kappa shape index (κ2) is 7.17. The van der Waals surface area contributed by atoms with Crippen LogP contribution in [0.15, 0.2) is 42.6 Å². The van der Waals surface area contributed by atoms with E-state index in [0.29, 0.717) is 17.3 Å². The van der Waals surface area contributed by atoms with Crippen molar-refractivity contribution in [1.82, 2.24) is 39.7 Å². The third-order valence-electron chi connectivity index (χ3n) is 5.19. The van der Waals surface area contributed by atoms with Gasteiger partial charge in [-0.05, 0) is 20.0 Å². The van der Waals surface area contributed by atoms with Gasteiger partial charge in [-0.2, -0.15) is 9.50 Å². The molecule has 5 rings (SSSR count). The number of aryl methyl sites for hydroxylation is 1. The number of aromatic nitrogens is 7. The number of rotatable bonds is 3. The van der Waals surface area contributed by atoms with E-state index in [-0.39, 0.29) is 0 Å². The van der Waals surface area contributed by atoms with Gasteiger partial charge in [-0.1, -0.05) is 30.3 Å². The van der Waals surface area contributed by atoms with Gasteiger partial charge < -0.3 is 9.80 Å². The van der Waals surface area contributed by atoms with Crippen molar-refractivity contribution in [2.45, 2.75) is 6.92 Å². The summed E-state index contributed by atoms with van der Waals surface area (Å²) in [7, 11) is 2.13. The molecular formula is C20H21N9. The van der Waals surface area contributed by atoms with E-state index in [4.69, 9.17) is 4.98 Å². The summed E-state index contributed by atoms with van der Waals surface area (Å²) in [4.78, 5) is 18.2. The summed E-state index contributed by atoms with van der Waals surface area (Å²) in [6.07, 6.45) is 1.78. The fourth-order valence-electron chi connectivity index (χ4n) is 3.45. The summed E-state index contributed by atoms with van der Waals surface area (Å²) in [5, 5.41) is 13.3. The number of piperazine rings is 1. The van der Waals surface area contributed by atoms with Gasteiger partial charge in [-0.3, -0.25) is 0 Å². The van der Waals surface area contributed by atoms with E-state index in [0.717, 1.165) is 49.1 Å². The molecule has 0 spiro atoms. The number of hydrogen-bond acceptors (Lipinski definition) is 8. The summed E-state index contributed by atoms with van der Waals surface area (Å²) in [5.74, 6) is 1.82. The summed E-state index contributed by atoms with van der Waals surface area (Å²) >= 11 is 0. The summed E-state index contributed by atoms with van der Waals surface area (Å²) in [6.45, 7) is 5.78. The van der Waals surface area contributed by atoms with Gasteiger partial charge in [0.25, 0.3) is 5.78 Å². The highest BCUT2D eigenvalue weighted by Gasteiger charge is 2.19. The van der Waals surface area contributed by atoms with Crippen LogP contribution in [0.25, 0.3) is 28.6 Å². The molecule has 29 heavy (non-hydrogen) atoms. The molecule has 146 valence electrons. The summed E-state index contributed by atoms with van der Waals surface area (Å²) in [6, 6.07) is 11.7. The lowest BCUT2D eigenvalue weighted by atomic mass is 10.2. The lowest BCUT2D eigenvalue weighted by Gasteiger charge is -2.32. The van der Waals surface area contributed by atoms with Gasteiger partial charge in [-0.25, -0.2) is 9.97 Å². The lowest BCUT2D eigenvalue weighted by Crippen LogP contribution is -2.45. The average Bonchev–Trinajstić information content (AvgIpc) is 3.21. The Morgan fingerprint density at radius 2 is 1.69 bits per heavy atom. The monoisotopic (exact) mass is 387 g/mol. The molecule has 3 aromatic heterocycles. The molecule has 0 bridgehead atoms. The highest BCUT2D eigenvalue weighted by molar-refractivity contribution is 5.61. The molecule has 0 saturated carbocycles. The Bertz CT molecular complexity index is 1150. The minimum absolute atomic E-state index is 0.471. The van der Waals surface area contributed by atoms with Crippen molar-refractivity contribution in [3.8, 4) is 22.8 Å². The van der Waals surface area contributed by atoms with E-state index in [1.165, 1.54) is 0 Å². The Hall–Kier alpha value is -3.46. The van der Waals surface area contributed by atoms with E-state index in [2.05, 4.69) is 42.1 Å². The van der Waals surface area contributed by atoms with Crippen LogP contribution in [0.1, 0.15) is 5.69 Å². The van der Waals surface area contributed by atoms with Crippen molar-refractivity contribution in [1.29, 1.82) is 0 Å². The first-order valence-electron chi connectivity index (χ1n) is 9.61. The molecule has 4 heterocycles. The second-order valence-electron chi connectivity index (χ2n) is 7.18. The van der Waals surface area contributed by atoms with Crippen LogP contribution >= 0.6 is 0 Å². The van der Waals surface area contributed by atoms with Crippen molar-refractivity contribution in [3.63, 3.8) is 0 Å². The third kappa shape index (κ3) is 3.29. The quantitative estimate of drug-likeness (QED) is 0.525. The average molecular weight is 387 g/mol. The first kappa shape index (κ1) is 17.6. The fourth-order valence-corrected chi connectivity index (χ4v) is 3.45. The molecule has 1 aliphatic heterocycles. The summed E-state index contributed by atoms with van der Waals surface area (Å²) < 4.78 is 1.72. The lowest BCUT2D eigenvalue weighted by molar-refractivity contribution is 0.311. The Kier molecular flexibility index (Phi) is 4.36. The van der Waals surface area contributed by atoms with Gasteiger partial charge in [0.1, 0.15) is 5.69 Å². The Labute approximate surface area is 168 Å². The van der Waals surface area contributed by atoms with E-state index < -0.39 is 0 Å². The Morgan fingerprint density at radius 1 is 0.897 bits per heavy atom. The molecule has 0 atom stereocenters. The molecule has 0 unspecified atom stereocenters. The van der Waals surface area contributed by atoms with Crippen LogP contribution in [0.2, 0.25) is 0 Å². The molecule has 9 nitrogen and oxygen atoms in total. The predicted molar refractivity (Wildman–Crippen MR) is 109 cm³/mol. The van der Waals surface area contributed by atoms with Crippen LogP contribution < -0.4 is 4.90 Å². The topological polar surface area (TPSA) is 88.2 Å². The third-order valence-corrected chi connectivity index (χ3v) is 5.19. The predicted octanol–water partition coefficient (Wildman–Crippen LogP) is 1.70. The van der Waals surface area contributed by atoms with Crippen molar-refractivity contribution < 1.29 is 0 Å². The zero-order valence-electron chi connectivity index (χ0n) is 16.4. The minimum atomic E-state index is 0.471. The molecule has 0 amide bonds. The molecule has 1 saturated heterocycles. The Balaban J connectivity index is 1.52. The van der Waals surface area contributed by atoms with Gasteiger partial charge >= 0.3 is 0 Å². The van der Waals surface area contributed by atoms with E-state index in [9.17, 15) is 0 Å². The van der Waals surface area contributed by atoms with E-state index >= 15 is 0 Å². The maximum absolute atomic E-state index is 4.76. The van der Waals surface area contributed by atoms with Crippen LogP contribution in [0.4, 0.5) is 5.95 Å². The number of hydrogen-bond donors (Lipinski definition) is 0. The largest absolute Gasteiger partial charge is 0.338 e. The van der Waals surface area contributed by atoms with Crippen molar-refractivity contribution in [2.24, 2.45) is 0 Å². The number of nitrogens with zero attached hydrogens (tertiary/aromatic N) is 9. The first-order valence-corrected chi connectivity index (χ1v) is 9.61. The molecule has 0 N–H and O–H groups in total. The first-order chi connectivity index (χ1) is 14.2. The van der Waals surface area contributed by atoms with E-state index in [1.54, 1.807) is 10.7 Å². The molecular weight excluding hydrogens is 366 g/mol. The number of anilines is 1. The minimum Gasteiger partial charge on any atom is -0.338 e. The van der Waals surface area contributed by atoms with Crippen molar-refractivity contribution in [3.05, 3.63) is 48.3 Å². The maximum Gasteiger partial charge on any atom is 0.272 e. The normalized spacial score (nSPS) is 15.2. The van der Waals surface area contributed by atoms with Gasteiger partial charge in [-0.15, -0.1) is 15.3 Å². The van der Waals surface area contributed by atoms with Gasteiger partial charge in [0, 0.05) is 37.9 Å². The van der Waals surface area contributed by atoms with Crippen LogP contribution in [-0.4, -0.2) is 72.9 Å². The number of likely N-dealkylation sites (N-methyl/N-ethyl adjacent to an activating group) is 1. The number of fused-ring (bicyclic) bond motifs is 1. The van der Waals surface area contributed by atoms with Crippen LogP contribution in [-0.2, 0) is 0 Å². The molecule has 0 radical (unpaired) electrons. The van der Waals surface area contributed by atoms with Crippen LogP contribution in [0, 0.1) is 6.92 Å². The Morgan fingerprint density at radius 3 is 2.48 bits per heavy atom. The highest BCUT2D eigenvalue weighted by atomic mass is 15.4. The molecule has 1 fully saturated rings. The molecule has 0 aliphatic carbocycles. The molecule has 1 aromatic carbocycles. The van der Waals surface area contributed by atoms with Gasteiger partial charge in [0.15, 0.2) is 5.82 Å². The SMILES string of the molecule is Cc1c(-c2ccnc(N3CCN(C)CC3)n2)nnc2nc(-c3ccccc3)nn12. The van der Waals surface area contributed by atoms with Crippen LogP contribution in [0.3, 0.4) is 0 Å². The van der Waals surface area contributed by atoms with E-state index in [1.807, 2.05) is 43.3 Å². The number of benzene rings is 1. The molecule has 9 heteroatoms. The maximum atomic E-state index is 4.76. The van der Waals surface area contributed by atoms with Crippen molar-refractivity contribution in [2.75, 3.05) is 38.1 Å². The molecule has 1 aliphatic rings. The zero-order valence-corrected chi connectivity index (χ0v) is 16.4. The second-order valence-corrected chi connectivity index (χ2v) is 7.18. The smallest absolute Gasteiger partial charge is 0.272 e. The van der Waals surface area contributed by atoms with Crippen molar-refractivity contribution >= 4 is 11.7 Å². The molecule has 4 aromatic rings. The van der Waals surface area contributed by atoms with Crippen LogP contribution in [0.5, 0.6) is 0 Å². The highest BCUT2D eigenvalue weighted by Crippen LogP contribution is 2.22. The van der Waals surface area contributed by atoms with Gasteiger partial charge in [0.2, 0.25) is 5.95 Å².